The average molecular weight is 366 g/mol. The maximum atomic E-state index is 5.65. The van der Waals surface area contributed by atoms with Crippen molar-refractivity contribution < 1.29 is 4.74 Å². The van der Waals surface area contributed by atoms with E-state index >= 15 is 0 Å². The van der Waals surface area contributed by atoms with Gasteiger partial charge in [-0.3, -0.25) is 0 Å². The SMILES string of the molecule is C1CCSC1.COc1cc(-c2ccc(N)cc2)ccc1Br. The molecular formula is C17H20BrNOS. The first-order valence-electron chi connectivity index (χ1n) is 6.98. The molecule has 2 aromatic carbocycles. The molecule has 21 heavy (non-hydrogen) atoms. The fourth-order valence-corrected chi connectivity index (χ4v) is 3.45. The van der Waals surface area contributed by atoms with E-state index < -0.39 is 0 Å². The molecule has 3 rings (SSSR count). The molecule has 0 aromatic heterocycles. The van der Waals surface area contributed by atoms with E-state index in [2.05, 4.69) is 27.7 Å². The zero-order valence-corrected chi connectivity index (χ0v) is 14.5. The normalized spacial score (nSPS) is 13.4. The highest BCUT2D eigenvalue weighted by Gasteiger charge is 2.03. The van der Waals surface area contributed by atoms with Crippen molar-refractivity contribution in [2.45, 2.75) is 12.8 Å². The molecule has 2 aromatic rings. The van der Waals surface area contributed by atoms with Gasteiger partial charge in [-0.2, -0.15) is 11.8 Å². The molecule has 0 saturated carbocycles. The summed E-state index contributed by atoms with van der Waals surface area (Å²) in [6.45, 7) is 0. The molecule has 112 valence electrons. The maximum Gasteiger partial charge on any atom is 0.133 e. The number of nitrogens with two attached hydrogens (primary N) is 1. The van der Waals surface area contributed by atoms with Gasteiger partial charge in [-0.1, -0.05) is 18.2 Å². The standard InChI is InChI=1S/C13H12BrNO.C4H8S/c1-16-13-8-10(4-7-12(13)14)9-2-5-11(15)6-3-9;1-2-4-5-3-1/h2-8H,15H2,1H3;1-4H2. The molecule has 1 aliphatic heterocycles. The van der Waals surface area contributed by atoms with Crippen LogP contribution in [0.25, 0.3) is 11.1 Å². The first-order valence-corrected chi connectivity index (χ1v) is 8.92. The third kappa shape index (κ3) is 4.97. The van der Waals surface area contributed by atoms with E-state index in [0.29, 0.717) is 0 Å². The number of benzene rings is 2. The lowest BCUT2D eigenvalue weighted by molar-refractivity contribution is 0.412. The van der Waals surface area contributed by atoms with Crippen molar-refractivity contribution in [1.82, 2.24) is 0 Å². The molecule has 2 N–H and O–H groups in total. The highest BCUT2D eigenvalue weighted by atomic mass is 79.9. The fraction of sp³-hybridized carbons (Fsp3) is 0.294. The quantitative estimate of drug-likeness (QED) is 0.740. The highest BCUT2D eigenvalue weighted by Crippen LogP contribution is 2.30. The summed E-state index contributed by atoms with van der Waals surface area (Å²) in [7, 11) is 1.66. The Morgan fingerprint density at radius 2 is 1.62 bits per heavy atom. The molecule has 4 heteroatoms. The lowest BCUT2D eigenvalue weighted by Crippen LogP contribution is -1.87. The minimum Gasteiger partial charge on any atom is -0.496 e. The number of nitrogen functional groups attached to an aromatic ring is 1. The van der Waals surface area contributed by atoms with Crippen molar-refractivity contribution in [3.05, 3.63) is 46.9 Å². The second-order valence-corrected chi connectivity index (χ2v) is 6.87. The van der Waals surface area contributed by atoms with Crippen molar-refractivity contribution in [2.75, 3.05) is 24.3 Å². The minimum atomic E-state index is 0.771. The molecule has 0 radical (unpaired) electrons. The number of hydrogen-bond acceptors (Lipinski definition) is 3. The predicted molar refractivity (Wildman–Crippen MR) is 97.1 cm³/mol. The number of ether oxygens (including phenoxy) is 1. The van der Waals surface area contributed by atoms with Crippen molar-refractivity contribution in [1.29, 1.82) is 0 Å². The summed E-state index contributed by atoms with van der Waals surface area (Å²) >= 11 is 5.50. The van der Waals surface area contributed by atoms with Gasteiger partial charge in [-0.05, 0) is 75.7 Å². The first kappa shape index (κ1) is 16.2. The molecule has 0 aliphatic carbocycles. The Hall–Kier alpha value is -1.13. The van der Waals surface area contributed by atoms with Crippen LogP contribution in [0.15, 0.2) is 46.9 Å². The smallest absolute Gasteiger partial charge is 0.133 e. The van der Waals surface area contributed by atoms with E-state index in [-0.39, 0.29) is 0 Å². The van der Waals surface area contributed by atoms with Gasteiger partial charge < -0.3 is 10.5 Å². The van der Waals surface area contributed by atoms with E-state index in [4.69, 9.17) is 10.5 Å². The van der Waals surface area contributed by atoms with E-state index in [1.54, 1.807) is 7.11 Å². The van der Waals surface area contributed by atoms with Crippen molar-refractivity contribution >= 4 is 33.4 Å². The van der Waals surface area contributed by atoms with Crippen LogP contribution in [0.2, 0.25) is 0 Å². The van der Waals surface area contributed by atoms with Gasteiger partial charge in [-0.15, -0.1) is 0 Å². The maximum absolute atomic E-state index is 5.65. The molecule has 0 spiro atoms. The lowest BCUT2D eigenvalue weighted by Gasteiger charge is -2.07. The van der Waals surface area contributed by atoms with Gasteiger partial charge in [-0.25, -0.2) is 0 Å². The summed E-state index contributed by atoms with van der Waals surface area (Å²) in [5.74, 6) is 3.66. The summed E-state index contributed by atoms with van der Waals surface area (Å²) in [6, 6.07) is 13.8. The third-order valence-corrected chi connectivity index (χ3v) is 5.03. The number of methoxy groups -OCH3 is 1. The highest BCUT2D eigenvalue weighted by molar-refractivity contribution is 9.10. The van der Waals surface area contributed by atoms with Crippen LogP contribution in [-0.4, -0.2) is 18.6 Å². The Labute approximate surface area is 139 Å². The van der Waals surface area contributed by atoms with Gasteiger partial charge in [0.25, 0.3) is 0 Å². The second-order valence-electron chi connectivity index (χ2n) is 4.79. The Balaban J connectivity index is 0.000000272. The Bertz CT molecular complexity index is 560. The molecule has 0 bridgehead atoms. The van der Waals surface area contributed by atoms with Crippen LogP contribution in [0.3, 0.4) is 0 Å². The number of rotatable bonds is 2. The Morgan fingerprint density at radius 1 is 1.00 bits per heavy atom. The number of anilines is 1. The van der Waals surface area contributed by atoms with Crippen LogP contribution in [0.1, 0.15) is 12.8 Å². The summed E-state index contributed by atoms with van der Waals surface area (Å²) in [5.41, 5.74) is 8.66. The molecule has 1 aliphatic rings. The van der Waals surface area contributed by atoms with E-state index in [9.17, 15) is 0 Å². The van der Waals surface area contributed by atoms with Crippen LogP contribution in [0, 0.1) is 0 Å². The zero-order valence-electron chi connectivity index (χ0n) is 12.1. The third-order valence-electron chi connectivity index (χ3n) is 3.22. The summed E-state index contributed by atoms with van der Waals surface area (Å²) in [4.78, 5) is 0. The van der Waals surface area contributed by atoms with E-state index in [0.717, 1.165) is 27.0 Å². The van der Waals surface area contributed by atoms with E-state index in [1.165, 1.54) is 24.3 Å². The Kier molecular flexibility index (Phi) is 6.46. The van der Waals surface area contributed by atoms with Gasteiger partial charge >= 0.3 is 0 Å². The molecule has 1 saturated heterocycles. The molecule has 0 atom stereocenters. The number of hydrogen-bond donors (Lipinski definition) is 1. The molecule has 2 nitrogen and oxygen atoms in total. The van der Waals surface area contributed by atoms with Crippen molar-refractivity contribution in [2.24, 2.45) is 0 Å². The topological polar surface area (TPSA) is 35.2 Å². The first-order chi connectivity index (χ1) is 10.2. The van der Waals surface area contributed by atoms with Gasteiger partial charge in [0, 0.05) is 5.69 Å². The fourth-order valence-electron chi connectivity index (χ4n) is 2.03. The molecule has 0 unspecified atom stereocenters. The van der Waals surface area contributed by atoms with Crippen LogP contribution in [0.4, 0.5) is 5.69 Å². The van der Waals surface area contributed by atoms with Crippen LogP contribution in [-0.2, 0) is 0 Å². The summed E-state index contributed by atoms with van der Waals surface area (Å²) < 4.78 is 6.21. The number of halogens is 1. The molecule has 1 fully saturated rings. The average Bonchev–Trinajstić information content (AvgIpc) is 3.08. The predicted octanol–water partition coefficient (Wildman–Crippen LogP) is 5.22. The van der Waals surface area contributed by atoms with Crippen molar-refractivity contribution in [3.8, 4) is 16.9 Å². The van der Waals surface area contributed by atoms with Gasteiger partial charge in [0.2, 0.25) is 0 Å². The van der Waals surface area contributed by atoms with Gasteiger partial charge in [0.05, 0.1) is 11.6 Å². The van der Waals surface area contributed by atoms with Gasteiger partial charge in [0.15, 0.2) is 0 Å². The minimum absolute atomic E-state index is 0.771. The monoisotopic (exact) mass is 365 g/mol. The largest absolute Gasteiger partial charge is 0.496 e. The molecule has 0 amide bonds. The van der Waals surface area contributed by atoms with E-state index in [1.807, 2.05) is 42.5 Å². The molecular weight excluding hydrogens is 346 g/mol. The van der Waals surface area contributed by atoms with Crippen LogP contribution >= 0.6 is 27.7 Å². The van der Waals surface area contributed by atoms with Gasteiger partial charge in [0.1, 0.15) is 5.75 Å². The molecule has 1 heterocycles. The van der Waals surface area contributed by atoms with Crippen LogP contribution in [0.5, 0.6) is 5.75 Å². The van der Waals surface area contributed by atoms with Crippen LogP contribution < -0.4 is 10.5 Å². The Morgan fingerprint density at radius 3 is 2.14 bits per heavy atom. The van der Waals surface area contributed by atoms with Crippen molar-refractivity contribution in [3.63, 3.8) is 0 Å². The zero-order chi connectivity index (χ0) is 15.1. The second kappa shape index (κ2) is 8.35. The summed E-state index contributed by atoms with van der Waals surface area (Å²) in [5, 5.41) is 0. The number of thioether (sulfide) groups is 1. The lowest BCUT2D eigenvalue weighted by atomic mass is 10.1. The summed E-state index contributed by atoms with van der Waals surface area (Å²) in [6.07, 6.45) is 2.93.